The average molecular weight is 1110 g/mol. The molecule has 23 heteroatoms. The SMILES string of the molecule is CO[C@@H](C)COc1nc(N2C[C@@H]3C[C@H]2CN3)c2cc(C(F)(F)F)c(-c3c(C)c(F)cc4[nH]ncc34)c(OCc3ccc(-c4cn([C@H](C(=O)N5C[C@H](O)C[C@H]5C(=O)N[C@@H](CO)c5ccc(-c6ccncc6)cc5)C(C)C)nn4)cc3)c2n1. The van der Waals surface area contributed by atoms with Crippen LogP contribution < -0.4 is 25.0 Å². The van der Waals surface area contributed by atoms with E-state index in [-0.39, 0.29) is 101 Å². The van der Waals surface area contributed by atoms with Crippen LogP contribution in [0.4, 0.5) is 23.4 Å². The van der Waals surface area contributed by atoms with Crippen molar-refractivity contribution in [2.24, 2.45) is 5.92 Å². The molecule has 4 aromatic carbocycles. The molecule has 7 atom stereocenters. The fraction of sp³-hybridized carbons (Fsp3) is 0.379. The Balaban J connectivity index is 0.882. The van der Waals surface area contributed by atoms with Gasteiger partial charge in [0.1, 0.15) is 48.1 Å². The standard InChI is InChI=1S/C58H60F4N12O7/c1-30(2)52(56(78)73-25-40(76)19-48(73)55(77)66-47(27-75)37-12-10-34(11-13-37)35-14-16-63-17-15-35)74-26-46(70-71-74)36-8-6-33(7-9-36)29-80-53-50(49-32(4)44(59)21-45-42(49)23-65-69-45)43(58(60,61)62)20-41-51(53)67-57(81-28-31(3)79-5)68-54(41)72-24-38-18-39(72)22-64-38/h6-17,20-21,23,26,30-31,38-40,47-48,52,64,75-76H,18-19,22,24-25,27-29H2,1-5H3,(H,65,69)(H,66,77)/t31-,38-,39-,40+,47-,48-,52-/m0/s1. The largest absolute Gasteiger partial charge is 0.486 e. The van der Waals surface area contributed by atoms with Gasteiger partial charge in [-0.3, -0.25) is 19.7 Å². The van der Waals surface area contributed by atoms with Gasteiger partial charge in [-0.2, -0.15) is 28.2 Å². The quantitative estimate of drug-likeness (QED) is 0.0524. The molecule has 3 saturated heterocycles. The lowest BCUT2D eigenvalue weighted by atomic mass is 9.90. The summed E-state index contributed by atoms with van der Waals surface area (Å²) in [7, 11) is 1.52. The van der Waals surface area contributed by atoms with Crippen LogP contribution in [0.3, 0.4) is 0 Å². The highest BCUT2D eigenvalue weighted by molar-refractivity contribution is 6.06. The van der Waals surface area contributed by atoms with Crippen LogP contribution in [-0.4, -0.2) is 137 Å². The monoisotopic (exact) mass is 1110 g/mol. The zero-order valence-corrected chi connectivity index (χ0v) is 45.0. The highest BCUT2D eigenvalue weighted by atomic mass is 19.4. The average Bonchev–Trinajstić information content (AvgIpc) is 3.76. The summed E-state index contributed by atoms with van der Waals surface area (Å²) in [4.78, 5) is 45.4. The first kappa shape index (κ1) is 54.8. The van der Waals surface area contributed by atoms with E-state index < -0.39 is 65.8 Å². The van der Waals surface area contributed by atoms with Gasteiger partial charge < -0.3 is 44.9 Å². The molecule has 7 heterocycles. The number of β-amino-alcohol motifs (C(OH)–C–C–N with tert-alkyl or cyclic N) is 1. The van der Waals surface area contributed by atoms with Crippen molar-refractivity contribution in [2.75, 3.05) is 44.9 Å². The van der Waals surface area contributed by atoms with Gasteiger partial charge in [-0.25, -0.2) is 9.07 Å². The predicted molar refractivity (Wildman–Crippen MR) is 291 cm³/mol. The van der Waals surface area contributed by atoms with Gasteiger partial charge in [-0.05, 0) is 78.3 Å². The fourth-order valence-electron chi connectivity index (χ4n) is 11.3. The predicted octanol–water partition coefficient (Wildman–Crippen LogP) is 7.51. The zero-order chi connectivity index (χ0) is 56.9. The van der Waals surface area contributed by atoms with Crippen LogP contribution in [0, 0.1) is 18.7 Å². The second kappa shape index (κ2) is 22.4. The number of nitrogens with zero attached hydrogens (tertiary/aromatic N) is 9. The second-order valence-electron chi connectivity index (χ2n) is 21.3. The molecular formula is C58H60F4N12O7. The number of pyridine rings is 1. The molecule has 3 aliphatic rings. The number of fused-ring (bicyclic) bond motifs is 4. The van der Waals surface area contributed by atoms with Crippen LogP contribution in [0.25, 0.3) is 55.3 Å². The number of nitrogens with one attached hydrogen (secondary N) is 3. The highest BCUT2D eigenvalue weighted by Gasteiger charge is 2.45. The first-order valence-corrected chi connectivity index (χ1v) is 26.8. The van der Waals surface area contributed by atoms with Gasteiger partial charge in [0.15, 0.2) is 5.75 Å². The van der Waals surface area contributed by atoms with Crippen molar-refractivity contribution in [3.05, 3.63) is 126 Å². The summed E-state index contributed by atoms with van der Waals surface area (Å²) >= 11 is 0. The van der Waals surface area contributed by atoms with Crippen molar-refractivity contribution in [3.8, 4) is 45.3 Å². The van der Waals surface area contributed by atoms with Crippen LogP contribution >= 0.6 is 0 Å². The third kappa shape index (κ3) is 10.8. The number of H-pyrrole nitrogens is 1. The maximum Gasteiger partial charge on any atom is 0.417 e. The molecule has 4 aromatic heterocycles. The molecule has 81 heavy (non-hydrogen) atoms. The van der Waals surface area contributed by atoms with Crippen LogP contribution in [0.1, 0.15) is 68.0 Å². The van der Waals surface area contributed by atoms with Crippen molar-refractivity contribution in [2.45, 2.75) is 95.7 Å². The number of halogens is 4. The van der Waals surface area contributed by atoms with Crippen LogP contribution in [0.5, 0.6) is 11.8 Å². The number of benzene rings is 4. The molecule has 2 bridgehead atoms. The number of amides is 2. The van der Waals surface area contributed by atoms with Gasteiger partial charge in [0.25, 0.3) is 0 Å². The minimum atomic E-state index is -4.98. The number of carbonyl (C=O) groups is 2. The molecule has 0 spiro atoms. The Hall–Kier alpha value is -8.12. The molecule has 0 radical (unpaired) electrons. The number of hydrogen-bond acceptors (Lipinski definition) is 15. The zero-order valence-electron chi connectivity index (χ0n) is 45.0. The summed E-state index contributed by atoms with van der Waals surface area (Å²) in [6.07, 6.45) is 0.760. The minimum Gasteiger partial charge on any atom is -0.486 e. The van der Waals surface area contributed by atoms with E-state index in [4.69, 9.17) is 24.2 Å². The lowest BCUT2D eigenvalue weighted by Gasteiger charge is -2.30. The summed E-state index contributed by atoms with van der Waals surface area (Å²) in [6.45, 7) is 7.21. The van der Waals surface area contributed by atoms with Crippen molar-refractivity contribution < 1.29 is 51.6 Å². The number of hydrogen-bond donors (Lipinski definition) is 5. The number of ether oxygens (including phenoxy) is 3. The molecule has 8 aromatic rings. The summed E-state index contributed by atoms with van der Waals surface area (Å²) in [5.74, 6) is -2.12. The Morgan fingerprint density at radius 2 is 1.65 bits per heavy atom. The van der Waals surface area contributed by atoms with Gasteiger partial charge >= 0.3 is 12.2 Å². The molecule has 3 fully saturated rings. The molecule has 0 unspecified atom stereocenters. The van der Waals surface area contributed by atoms with Gasteiger partial charge in [0, 0.05) is 85.1 Å². The first-order valence-electron chi connectivity index (χ1n) is 26.8. The third-order valence-electron chi connectivity index (χ3n) is 15.6. The number of aliphatic hydroxyl groups is 2. The van der Waals surface area contributed by atoms with E-state index in [1.807, 2.05) is 55.1 Å². The van der Waals surface area contributed by atoms with Gasteiger partial charge in [0.2, 0.25) is 11.8 Å². The molecule has 422 valence electrons. The molecule has 5 N–H and O–H groups in total. The van der Waals surface area contributed by atoms with Crippen molar-refractivity contribution >= 4 is 39.4 Å². The summed E-state index contributed by atoms with van der Waals surface area (Å²) in [5, 5.41) is 43.4. The number of anilines is 1. The van der Waals surface area contributed by atoms with Crippen LogP contribution in [0.15, 0.2) is 97.6 Å². The number of carbonyl (C=O) groups excluding carboxylic acids is 2. The number of likely N-dealkylation sites (tertiary alicyclic amines) is 1. The molecule has 0 saturated carbocycles. The van der Waals surface area contributed by atoms with Gasteiger partial charge in [-0.15, -0.1) is 5.10 Å². The number of aliphatic hydroxyl groups excluding tert-OH is 2. The molecular weight excluding hydrogens is 1050 g/mol. The summed E-state index contributed by atoms with van der Waals surface area (Å²) in [5.41, 5.74) is 2.60. The first-order chi connectivity index (χ1) is 39.0. The Kier molecular flexibility index (Phi) is 15.2. The third-order valence-corrected chi connectivity index (χ3v) is 15.6. The van der Waals surface area contributed by atoms with Crippen LogP contribution in [0.2, 0.25) is 0 Å². The Morgan fingerprint density at radius 3 is 2.33 bits per heavy atom. The Bertz CT molecular complexity index is 3600. The topological polar surface area (TPSA) is 231 Å². The smallest absolute Gasteiger partial charge is 0.417 e. The maximum atomic E-state index is 15.9. The Morgan fingerprint density at radius 1 is 0.914 bits per heavy atom. The van der Waals surface area contributed by atoms with Crippen molar-refractivity contribution in [1.82, 2.24) is 55.7 Å². The van der Waals surface area contributed by atoms with E-state index in [0.717, 1.165) is 23.6 Å². The highest BCUT2D eigenvalue weighted by Crippen LogP contribution is 2.51. The lowest BCUT2D eigenvalue weighted by Crippen LogP contribution is -2.50. The van der Waals surface area contributed by atoms with E-state index in [1.165, 1.54) is 35.9 Å². The van der Waals surface area contributed by atoms with Gasteiger partial charge in [0.05, 0.1) is 48.3 Å². The molecule has 3 aliphatic heterocycles. The molecule has 11 rings (SSSR count). The number of aromatic amines is 1. The van der Waals surface area contributed by atoms with Crippen LogP contribution in [-0.2, 0) is 27.1 Å². The maximum absolute atomic E-state index is 15.9. The van der Waals surface area contributed by atoms with E-state index in [1.54, 1.807) is 49.8 Å². The molecule has 0 aliphatic carbocycles. The number of methoxy groups -OCH3 is 1. The normalized spacial score (nSPS) is 19.2. The number of piperazine rings is 1. The minimum absolute atomic E-state index is 0.0139. The number of rotatable bonds is 18. The Labute approximate surface area is 462 Å². The van der Waals surface area contributed by atoms with E-state index >= 15 is 17.6 Å². The fourth-order valence-corrected chi connectivity index (χ4v) is 11.3. The number of aromatic nitrogens is 8. The van der Waals surface area contributed by atoms with E-state index in [2.05, 4.69) is 36.1 Å². The number of alkyl halides is 3. The molecule has 2 amide bonds. The van der Waals surface area contributed by atoms with E-state index in [0.29, 0.717) is 35.5 Å². The second-order valence-corrected chi connectivity index (χ2v) is 21.3. The van der Waals surface area contributed by atoms with Crippen molar-refractivity contribution in [3.63, 3.8) is 0 Å². The molecule has 19 nitrogen and oxygen atoms in total. The summed E-state index contributed by atoms with van der Waals surface area (Å²) < 4.78 is 83.0. The van der Waals surface area contributed by atoms with Crippen molar-refractivity contribution in [1.29, 1.82) is 0 Å². The van der Waals surface area contributed by atoms with E-state index in [9.17, 15) is 19.8 Å². The summed E-state index contributed by atoms with van der Waals surface area (Å²) in [6, 6.07) is 17.4. The lowest BCUT2D eigenvalue weighted by molar-refractivity contribution is -0.142. The van der Waals surface area contributed by atoms with Gasteiger partial charge in [-0.1, -0.05) is 67.6 Å².